The molecule has 2 fully saturated rings. The minimum atomic E-state index is -2.08. The molecule has 0 saturated carbocycles. The van der Waals surface area contributed by atoms with Gasteiger partial charge in [0.25, 0.3) is 0 Å². The van der Waals surface area contributed by atoms with Crippen LogP contribution < -0.4 is 0 Å². The highest BCUT2D eigenvalue weighted by molar-refractivity contribution is 5.56. The monoisotopic (exact) mass is 504 g/mol. The van der Waals surface area contributed by atoms with Crippen LogP contribution in [0.1, 0.15) is 0 Å². The van der Waals surface area contributed by atoms with Crippen molar-refractivity contribution in [3.05, 3.63) is 0 Å². The van der Waals surface area contributed by atoms with Gasteiger partial charge in [-0.1, -0.05) is 0 Å². The summed E-state index contributed by atoms with van der Waals surface area (Å²) in [6, 6.07) is 0. The number of aliphatic hydroxyl groups excluding tert-OH is 11. The normalized spacial score (nSPS) is 42.6. The topological polar surface area (TPSA) is 277 Å². The van der Waals surface area contributed by atoms with Crippen LogP contribution in [-0.4, -0.2) is 168 Å². The lowest BCUT2D eigenvalue weighted by Gasteiger charge is -2.43. The summed E-state index contributed by atoms with van der Waals surface area (Å²) in [6.07, 6.45) is -25.1. The van der Waals surface area contributed by atoms with E-state index in [0.717, 1.165) is 0 Å². The molecule has 0 aromatic carbocycles. The van der Waals surface area contributed by atoms with Gasteiger partial charge in [-0.3, -0.25) is 0 Å². The second kappa shape index (κ2) is 12.9. The van der Waals surface area contributed by atoms with Gasteiger partial charge in [0.05, 0.1) is 19.8 Å². The number of rotatable bonds is 11. The Bertz CT molecular complexity index is 623. The van der Waals surface area contributed by atoms with Gasteiger partial charge in [0.2, 0.25) is 0 Å². The molecule has 16 nitrogen and oxygen atoms in total. The van der Waals surface area contributed by atoms with Crippen LogP contribution in [0.2, 0.25) is 0 Å². The van der Waals surface area contributed by atoms with E-state index in [1.165, 1.54) is 0 Å². The fraction of sp³-hybridized carbons (Fsp3) is 0.944. The molecule has 34 heavy (non-hydrogen) atoms. The van der Waals surface area contributed by atoms with E-state index in [-0.39, 0.29) is 6.29 Å². The minimum Gasteiger partial charge on any atom is -0.394 e. The number of hydrogen-bond acceptors (Lipinski definition) is 16. The van der Waals surface area contributed by atoms with Crippen LogP contribution in [0.4, 0.5) is 0 Å². The second-order valence-corrected chi connectivity index (χ2v) is 8.01. The van der Waals surface area contributed by atoms with Crippen LogP contribution in [0.25, 0.3) is 0 Å². The lowest BCUT2D eigenvalue weighted by Crippen LogP contribution is -2.63. The van der Waals surface area contributed by atoms with Gasteiger partial charge >= 0.3 is 0 Å². The smallest absolute Gasteiger partial charge is 0.187 e. The summed E-state index contributed by atoms with van der Waals surface area (Å²) in [6.45, 7) is -2.39. The van der Waals surface area contributed by atoms with Gasteiger partial charge in [0, 0.05) is 0 Å². The molecule has 0 aromatic heterocycles. The Balaban J connectivity index is 2.10. The molecule has 2 rings (SSSR count). The summed E-state index contributed by atoms with van der Waals surface area (Å²) in [4.78, 5) is 10.8. The molecule has 0 radical (unpaired) electrons. The van der Waals surface area contributed by atoms with E-state index in [9.17, 15) is 55.9 Å². The van der Waals surface area contributed by atoms with Crippen LogP contribution in [0.15, 0.2) is 0 Å². The standard InChI is InChI=1S/C18H32O16/c19-1-5(22)9(24)16(6(23)2-20)34-18-15(30)13(28)11(26)8(33-18)4-31-17-14(29)12(27)10(25)7(3-21)32-17/h1,5-18,20-30H,2-4H2/t5-,6-,7+,8+,9+,10+,11+,12-,13-,14+,15+,16-,17-,18+/m0/s1. The zero-order valence-electron chi connectivity index (χ0n) is 17.7. The molecule has 16 heteroatoms. The maximum atomic E-state index is 10.8. The molecule has 11 N–H and O–H groups in total. The Morgan fingerprint density at radius 1 is 0.765 bits per heavy atom. The van der Waals surface area contributed by atoms with Crippen molar-refractivity contribution in [2.75, 3.05) is 19.8 Å². The average molecular weight is 504 g/mol. The molecule has 0 aromatic rings. The van der Waals surface area contributed by atoms with Crippen molar-refractivity contribution in [3.8, 4) is 0 Å². The zero-order valence-corrected chi connectivity index (χ0v) is 17.7. The van der Waals surface area contributed by atoms with E-state index >= 15 is 0 Å². The van der Waals surface area contributed by atoms with Gasteiger partial charge in [0.15, 0.2) is 18.9 Å². The van der Waals surface area contributed by atoms with Crippen molar-refractivity contribution in [2.24, 2.45) is 0 Å². The highest BCUT2D eigenvalue weighted by Crippen LogP contribution is 2.27. The van der Waals surface area contributed by atoms with Crippen LogP contribution in [0.5, 0.6) is 0 Å². The largest absolute Gasteiger partial charge is 0.394 e. The van der Waals surface area contributed by atoms with E-state index in [0.29, 0.717) is 0 Å². The minimum absolute atomic E-state index is 0.0704. The van der Waals surface area contributed by atoms with E-state index < -0.39 is 106 Å². The zero-order chi connectivity index (χ0) is 25.7. The number of carbonyl (C=O) groups is 1. The lowest BCUT2D eigenvalue weighted by molar-refractivity contribution is -0.343. The van der Waals surface area contributed by atoms with Crippen molar-refractivity contribution in [1.29, 1.82) is 0 Å². The number of carbonyl (C=O) groups excluding carboxylic acids is 1. The molecule has 0 unspecified atom stereocenters. The van der Waals surface area contributed by atoms with Gasteiger partial charge in [0.1, 0.15) is 73.2 Å². The van der Waals surface area contributed by atoms with Crippen LogP contribution in [0, 0.1) is 0 Å². The maximum absolute atomic E-state index is 10.8. The van der Waals surface area contributed by atoms with Gasteiger partial charge in [-0.15, -0.1) is 0 Å². The predicted molar refractivity (Wildman–Crippen MR) is 102 cm³/mol. The second-order valence-electron chi connectivity index (χ2n) is 8.01. The van der Waals surface area contributed by atoms with Crippen LogP contribution >= 0.6 is 0 Å². The summed E-state index contributed by atoms with van der Waals surface area (Å²) in [5, 5.41) is 108. The van der Waals surface area contributed by atoms with Crippen molar-refractivity contribution in [3.63, 3.8) is 0 Å². The molecule has 2 aliphatic heterocycles. The van der Waals surface area contributed by atoms with Crippen molar-refractivity contribution < 1.29 is 79.9 Å². The van der Waals surface area contributed by atoms with E-state index in [4.69, 9.17) is 24.1 Å². The van der Waals surface area contributed by atoms with Crippen molar-refractivity contribution >= 4 is 6.29 Å². The van der Waals surface area contributed by atoms with Crippen LogP contribution in [0.3, 0.4) is 0 Å². The molecule has 0 amide bonds. The van der Waals surface area contributed by atoms with E-state index in [2.05, 4.69) is 0 Å². The molecular formula is C18H32O16. The first-order valence-corrected chi connectivity index (χ1v) is 10.4. The van der Waals surface area contributed by atoms with Gasteiger partial charge in [-0.25, -0.2) is 0 Å². The number of aldehydes is 1. The molecule has 0 bridgehead atoms. The summed E-state index contributed by atoms with van der Waals surface area (Å²) >= 11 is 0. The average Bonchev–Trinajstić information content (AvgIpc) is 2.84. The SMILES string of the molecule is O=C[C@H](O)[C@@H](O)[C@@H](O[C@H]1O[C@H](CO[C@H]2O[C@H](CO)[C@@H](O)[C@H](O)[C@H]2O)[C@@H](O)[C@H](O)[C@H]1O)[C@@H](O)CO. The first kappa shape index (κ1) is 29.3. The van der Waals surface area contributed by atoms with Crippen molar-refractivity contribution in [1.82, 2.24) is 0 Å². The molecule has 200 valence electrons. The Hall–Kier alpha value is -0.930. The highest BCUT2D eigenvalue weighted by Gasteiger charge is 2.49. The number of hydrogen-bond donors (Lipinski definition) is 11. The molecule has 2 saturated heterocycles. The number of ether oxygens (including phenoxy) is 4. The van der Waals surface area contributed by atoms with Gasteiger partial charge in [-0.2, -0.15) is 0 Å². The molecule has 0 aliphatic carbocycles. The summed E-state index contributed by atoms with van der Waals surface area (Å²) in [7, 11) is 0. The Morgan fingerprint density at radius 3 is 1.82 bits per heavy atom. The Morgan fingerprint density at radius 2 is 1.29 bits per heavy atom. The Kier molecular flexibility index (Phi) is 11.1. The van der Waals surface area contributed by atoms with Gasteiger partial charge in [-0.05, 0) is 0 Å². The predicted octanol–water partition coefficient (Wildman–Crippen LogP) is -7.73. The first-order chi connectivity index (χ1) is 16.0. The molecule has 0 spiro atoms. The van der Waals surface area contributed by atoms with Crippen LogP contribution in [-0.2, 0) is 23.7 Å². The van der Waals surface area contributed by atoms with Gasteiger partial charge < -0.3 is 79.9 Å². The van der Waals surface area contributed by atoms with Crippen molar-refractivity contribution in [2.45, 2.75) is 85.8 Å². The third-order valence-corrected chi connectivity index (χ3v) is 5.63. The Labute approximate surface area is 192 Å². The van der Waals surface area contributed by atoms with E-state index in [1.54, 1.807) is 0 Å². The van der Waals surface area contributed by atoms with E-state index in [1.807, 2.05) is 0 Å². The maximum Gasteiger partial charge on any atom is 0.187 e. The molecule has 2 heterocycles. The molecule has 2 aliphatic rings. The molecule has 14 atom stereocenters. The summed E-state index contributed by atoms with van der Waals surface area (Å²) in [5.74, 6) is 0. The summed E-state index contributed by atoms with van der Waals surface area (Å²) < 4.78 is 20.9. The fourth-order valence-corrected chi connectivity index (χ4v) is 3.49. The summed E-state index contributed by atoms with van der Waals surface area (Å²) in [5.41, 5.74) is 0. The molecular weight excluding hydrogens is 472 g/mol. The quantitative estimate of drug-likeness (QED) is 0.117. The third kappa shape index (κ3) is 6.44. The number of aliphatic hydroxyl groups is 11. The third-order valence-electron chi connectivity index (χ3n) is 5.63. The lowest BCUT2D eigenvalue weighted by atomic mass is 9.98. The first-order valence-electron chi connectivity index (χ1n) is 10.4. The fourth-order valence-electron chi connectivity index (χ4n) is 3.49. The highest BCUT2D eigenvalue weighted by atomic mass is 16.7.